The van der Waals surface area contributed by atoms with Crippen LogP contribution in [0.15, 0.2) is 18.2 Å². The predicted molar refractivity (Wildman–Crippen MR) is 71.9 cm³/mol. The monoisotopic (exact) mass is 257 g/mol. The van der Waals surface area contributed by atoms with Gasteiger partial charge in [0, 0.05) is 0 Å². The third-order valence-corrected chi connectivity index (χ3v) is 3.07. The number of fused-ring (bicyclic) bond motifs is 1. The average Bonchev–Trinajstić information content (AvgIpc) is 2.66. The second-order valence-corrected chi connectivity index (χ2v) is 4.72. The number of benzene rings is 1. The zero-order valence-corrected chi connectivity index (χ0v) is 10.8. The van der Waals surface area contributed by atoms with Gasteiger partial charge in [-0.2, -0.15) is 5.26 Å². The molecule has 1 aromatic heterocycles. The van der Waals surface area contributed by atoms with Gasteiger partial charge >= 0.3 is 0 Å². The van der Waals surface area contributed by atoms with Gasteiger partial charge in [-0.15, -0.1) is 0 Å². The molecule has 1 atom stereocenters. The molecule has 0 saturated carbocycles. The number of hydrogen-bond acceptors (Lipinski definition) is 4. The molecule has 6 heteroatoms. The summed E-state index contributed by atoms with van der Waals surface area (Å²) < 4.78 is 1.60. The Morgan fingerprint density at radius 3 is 2.68 bits per heavy atom. The van der Waals surface area contributed by atoms with Gasteiger partial charge in [0.2, 0.25) is 11.9 Å². The van der Waals surface area contributed by atoms with E-state index in [1.165, 1.54) is 0 Å². The molecule has 1 aromatic carbocycles. The molecule has 6 nitrogen and oxygen atoms in total. The Hall–Kier alpha value is -2.55. The van der Waals surface area contributed by atoms with Gasteiger partial charge in [0.15, 0.2) is 0 Å². The van der Waals surface area contributed by atoms with Crippen LogP contribution in [0.1, 0.15) is 25.5 Å². The minimum Gasteiger partial charge on any atom is -0.369 e. The minimum atomic E-state index is -0.584. The molecule has 1 amide bonds. The number of nitrogens with zero attached hydrogens (tertiary/aromatic N) is 3. The molecule has 0 aliphatic carbocycles. The highest BCUT2D eigenvalue weighted by Gasteiger charge is 2.26. The van der Waals surface area contributed by atoms with Crippen LogP contribution in [-0.2, 0) is 4.79 Å². The van der Waals surface area contributed by atoms with Gasteiger partial charge in [0.05, 0.1) is 11.1 Å². The van der Waals surface area contributed by atoms with Crippen molar-refractivity contribution >= 4 is 22.9 Å². The fourth-order valence-electron chi connectivity index (χ4n) is 2.27. The van der Waals surface area contributed by atoms with Crippen molar-refractivity contribution in [3.63, 3.8) is 0 Å². The van der Waals surface area contributed by atoms with E-state index in [4.69, 9.17) is 16.7 Å². The summed E-state index contributed by atoms with van der Waals surface area (Å²) in [6.45, 7) is 3.77. The molecule has 0 spiro atoms. The van der Waals surface area contributed by atoms with Gasteiger partial charge in [0.1, 0.15) is 17.6 Å². The second kappa shape index (κ2) is 4.61. The van der Waals surface area contributed by atoms with Gasteiger partial charge in [0.25, 0.3) is 0 Å². The molecular formula is C13H15N5O. The quantitative estimate of drug-likeness (QED) is 0.859. The van der Waals surface area contributed by atoms with Crippen molar-refractivity contribution in [2.45, 2.75) is 19.9 Å². The van der Waals surface area contributed by atoms with Crippen LogP contribution in [-0.4, -0.2) is 15.5 Å². The number of nitriles is 1. The first-order valence-corrected chi connectivity index (χ1v) is 5.93. The number of aromatic nitrogens is 2. The molecule has 1 heterocycles. The highest BCUT2D eigenvalue weighted by molar-refractivity contribution is 5.87. The number of primary amides is 1. The average molecular weight is 257 g/mol. The summed E-state index contributed by atoms with van der Waals surface area (Å²) in [6, 6.07) is 6.65. The van der Waals surface area contributed by atoms with E-state index in [-0.39, 0.29) is 11.9 Å². The lowest BCUT2D eigenvalue weighted by molar-refractivity contribution is -0.122. The first kappa shape index (κ1) is 12.9. The van der Waals surface area contributed by atoms with E-state index in [1.807, 2.05) is 13.8 Å². The van der Waals surface area contributed by atoms with Gasteiger partial charge < -0.3 is 11.5 Å². The van der Waals surface area contributed by atoms with Crippen molar-refractivity contribution in [1.29, 1.82) is 5.26 Å². The van der Waals surface area contributed by atoms with Crippen LogP contribution < -0.4 is 11.5 Å². The number of amides is 1. The van der Waals surface area contributed by atoms with Crippen LogP contribution >= 0.6 is 0 Å². The predicted octanol–water partition coefficient (Wildman–Crippen LogP) is 1.17. The number of anilines is 1. The van der Waals surface area contributed by atoms with E-state index in [1.54, 1.807) is 22.8 Å². The van der Waals surface area contributed by atoms with E-state index in [2.05, 4.69) is 11.1 Å². The van der Waals surface area contributed by atoms with Gasteiger partial charge in [-0.1, -0.05) is 19.9 Å². The molecule has 0 bridgehead atoms. The molecule has 2 aromatic rings. The van der Waals surface area contributed by atoms with Crippen molar-refractivity contribution < 1.29 is 4.79 Å². The highest BCUT2D eigenvalue weighted by Crippen LogP contribution is 2.28. The Labute approximate surface area is 110 Å². The summed E-state index contributed by atoms with van der Waals surface area (Å²) in [5.41, 5.74) is 12.9. The molecule has 0 radical (unpaired) electrons. The van der Waals surface area contributed by atoms with Gasteiger partial charge in [-0.05, 0) is 18.1 Å². The Balaban J connectivity index is 2.77. The SMILES string of the molecule is CC(C)C(C(N)=O)n1c(N)nc2c(C#N)cccc21. The number of nitrogen functional groups attached to an aromatic ring is 1. The number of rotatable bonds is 3. The molecular weight excluding hydrogens is 242 g/mol. The van der Waals surface area contributed by atoms with Crippen molar-refractivity contribution in [3.8, 4) is 6.07 Å². The molecule has 19 heavy (non-hydrogen) atoms. The van der Waals surface area contributed by atoms with Crippen LogP contribution in [0, 0.1) is 17.2 Å². The number of para-hydroxylation sites is 1. The highest BCUT2D eigenvalue weighted by atomic mass is 16.1. The van der Waals surface area contributed by atoms with Crippen molar-refractivity contribution in [1.82, 2.24) is 9.55 Å². The number of carbonyl (C=O) groups is 1. The molecule has 0 saturated heterocycles. The van der Waals surface area contributed by atoms with Crippen LogP contribution in [0.4, 0.5) is 5.95 Å². The van der Waals surface area contributed by atoms with E-state index >= 15 is 0 Å². The van der Waals surface area contributed by atoms with Crippen LogP contribution in [0.5, 0.6) is 0 Å². The zero-order chi connectivity index (χ0) is 14.2. The second-order valence-electron chi connectivity index (χ2n) is 4.72. The van der Waals surface area contributed by atoms with Crippen molar-refractivity contribution in [3.05, 3.63) is 23.8 Å². The lowest BCUT2D eigenvalue weighted by Crippen LogP contribution is -2.31. The third kappa shape index (κ3) is 1.99. The zero-order valence-electron chi connectivity index (χ0n) is 10.8. The molecule has 1 unspecified atom stereocenters. The molecule has 0 aliphatic heterocycles. The third-order valence-electron chi connectivity index (χ3n) is 3.07. The molecule has 4 N–H and O–H groups in total. The van der Waals surface area contributed by atoms with E-state index < -0.39 is 11.9 Å². The lowest BCUT2D eigenvalue weighted by Gasteiger charge is -2.20. The maximum Gasteiger partial charge on any atom is 0.240 e. The Morgan fingerprint density at radius 2 is 2.16 bits per heavy atom. The summed E-state index contributed by atoms with van der Waals surface area (Å²) in [6.07, 6.45) is 0. The summed E-state index contributed by atoms with van der Waals surface area (Å²) in [5.74, 6) is -0.304. The smallest absolute Gasteiger partial charge is 0.240 e. The summed E-state index contributed by atoms with van der Waals surface area (Å²) in [7, 11) is 0. The summed E-state index contributed by atoms with van der Waals surface area (Å²) >= 11 is 0. The summed E-state index contributed by atoms with van der Waals surface area (Å²) in [5, 5.41) is 9.06. The van der Waals surface area contributed by atoms with Crippen molar-refractivity contribution in [2.24, 2.45) is 11.7 Å². The fourth-order valence-corrected chi connectivity index (χ4v) is 2.27. The number of imidazole rings is 1. The Kier molecular flexibility index (Phi) is 3.13. The Bertz CT molecular complexity index is 680. The van der Waals surface area contributed by atoms with Gasteiger partial charge in [-0.25, -0.2) is 4.98 Å². The number of hydrogen-bond donors (Lipinski definition) is 2. The van der Waals surface area contributed by atoms with E-state index in [9.17, 15) is 4.79 Å². The maximum absolute atomic E-state index is 11.6. The lowest BCUT2D eigenvalue weighted by atomic mass is 10.0. The first-order chi connectivity index (χ1) is 8.97. The van der Waals surface area contributed by atoms with Crippen LogP contribution in [0.25, 0.3) is 11.0 Å². The molecule has 98 valence electrons. The van der Waals surface area contributed by atoms with E-state index in [0.717, 1.165) is 0 Å². The number of nitrogens with two attached hydrogens (primary N) is 2. The minimum absolute atomic E-state index is 0.0251. The Morgan fingerprint density at radius 1 is 1.47 bits per heavy atom. The maximum atomic E-state index is 11.6. The number of carbonyl (C=O) groups excluding carboxylic acids is 1. The first-order valence-electron chi connectivity index (χ1n) is 5.93. The van der Waals surface area contributed by atoms with Crippen LogP contribution in [0.3, 0.4) is 0 Å². The molecule has 0 aliphatic rings. The fraction of sp³-hybridized carbons (Fsp3) is 0.308. The molecule has 0 fully saturated rings. The summed E-state index contributed by atoms with van der Waals surface area (Å²) in [4.78, 5) is 15.8. The molecule has 2 rings (SSSR count). The van der Waals surface area contributed by atoms with E-state index in [0.29, 0.717) is 16.6 Å². The topological polar surface area (TPSA) is 111 Å². The van der Waals surface area contributed by atoms with Crippen molar-refractivity contribution in [2.75, 3.05) is 5.73 Å². The largest absolute Gasteiger partial charge is 0.369 e. The van der Waals surface area contributed by atoms with Gasteiger partial charge in [-0.3, -0.25) is 9.36 Å². The van der Waals surface area contributed by atoms with Crippen LogP contribution in [0.2, 0.25) is 0 Å². The normalized spacial score (nSPS) is 12.5. The standard InChI is InChI=1S/C13H15N5O/c1-7(2)11(12(15)19)18-9-5-3-4-8(6-14)10(9)17-13(18)16/h3-5,7,11H,1-2H3,(H2,15,19)(H2,16,17).